The van der Waals surface area contributed by atoms with Crippen molar-refractivity contribution in [2.45, 2.75) is 38.1 Å². The minimum atomic E-state index is -3.86. The molecule has 0 aliphatic rings. The Kier molecular flexibility index (Phi) is 8.05. The molecule has 1 N–H and O–H groups in total. The van der Waals surface area contributed by atoms with Gasteiger partial charge in [-0.2, -0.15) is 4.31 Å². The number of nitrogens with one attached hydrogen (secondary N) is 1. The first-order valence-electron chi connectivity index (χ1n) is 8.47. The van der Waals surface area contributed by atoms with Crippen LogP contribution in [0.5, 0.6) is 0 Å². The topological polar surface area (TPSA) is 79.4 Å². The van der Waals surface area contributed by atoms with Crippen LogP contribution in [0.2, 0.25) is 10.0 Å². The van der Waals surface area contributed by atoms with Crippen molar-refractivity contribution in [2.24, 2.45) is 0 Å². The summed E-state index contributed by atoms with van der Waals surface area (Å²) in [4.78, 5) is 16.2. The van der Waals surface area contributed by atoms with Crippen LogP contribution in [0, 0.1) is 0 Å². The van der Waals surface area contributed by atoms with Crippen molar-refractivity contribution in [3.8, 4) is 0 Å². The number of aromatic nitrogens is 1. The summed E-state index contributed by atoms with van der Waals surface area (Å²) < 4.78 is 27.4. The summed E-state index contributed by atoms with van der Waals surface area (Å²) in [5.41, 5.74) is 0.290. The van der Waals surface area contributed by atoms with Gasteiger partial charge in [0, 0.05) is 23.5 Å². The molecule has 0 bridgehead atoms. The molecule has 0 saturated heterocycles. The van der Waals surface area contributed by atoms with Crippen LogP contribution in [-0.2, 0) is 16.6 Å². The van der Waals surface area contributed by atoms with Crippen molar-refractivity contribution in [3.05, 3.63) is 44.3 Å². The average molecular weight is 450 g/mol. The van der Waals surface area contributed by atoms with Gasteiger partial charge in [-0.15, -0.1) is 11.3 Å². The number of hydrogen-bond acceptors (Lipinski definition) is 5. The minimum absolute atomic E-state index is 0.0393. The maximum atomic E-state index is 13.1. The van der Waals surface area contributed by atoms with Crippen molar-refractivity contribution < 1.29 is 13.2 Å². The van der Waals surface area contributed by atoms with Crippen LogP contribution < -0.4 is 5.32 Å². The van der Waals surface area contributed by atoms with E-state index in [1.165, 1.54) is 33.8 Å². The van der Waals surface area contributed by atoms with E-state index in [0.717, 1.165) is 6.42 Å². The molecule has 0 atom stereocenters. The van der Waals surface area contributed by atoms with E-state index in [2.05, 4.69) is 10.3 Å². The Labute approximate surface area is 173 Å². The SMILES string of the molecule is CCCNC(=O)c1csc(CN(CCC)S(=O)(=O)c2cc(Cl)ccc2Cl)n1. The number of rotatable bonds is 9. The fourth-order valence-corrected chi connectivity index (χ4v) is 5.42. The Balaban J connectivity index is 2.26. The molecular weight excluding hydrogens is 429 g/mol. The highest BCUT2D eigenvalue weighted by Crippen LogP contribution is 2.29. The van der Waals surface area contributed by atoms with Gasteiger partial charge >= 0.3 is 0 Å². The maximum Gasteiger partial charge on any atom is 0.270 e. The van der Waals surface area contributed by atoms with Gasteiger partial charge in [-0.3, -0.25) is 4.79 Å². The zero-order valence-electron chi connectivity index (χ0n) is 15.0. The second-order valence-corrected chi connectivity index (χ2v) is 9.49. The quantitative estimate of drug-likeness (QED) is 0.621. The molecule has 0 aliphatic heterocycles. The highest BCUT2D eigenvalue weighted by molar-refractivity contribution is 7.89. The normalized spacial score (nSPS) is 11.7. The second-order valence-electron chi connectivity index (χ2n) is 5.80. The van der Waals surface area contributed by atoms with Crippen LogP contribution in [-0.4, -0.2) is 36.7 Å². The van der Waals surface area contributed by atoms with Crippen LogP contribution in [0.15, 0.2) is 28.5 Å². The van der Waals surface area contributed by atoms with Crippen LogP contribution in [0.4, 0.5) is 0 Å². The monoisotopic (exact) mass is 449 g/mol. The van der Waals surface area contributed by atoms with Gasteiger partial charge in [-0.05, 0) is 31.0 Å². The Morgan fingerprint density at radius 1 is 1.26 bits per heavy atom. The highest BCUT2D eigenvalue weighted by Gasteiger charge is 2.27. The zero-order chi connectivity index (χ0) is 20.0. The Morgan fingerprint density at radius 3 is 2.67 bits per heavy atom. The number of halogens is 2. The number of nitrogens with zero attached hydrogens (tertiary/aromatic N) is 2. The van der Waals surface area contributed by atoms with Gasteiger partial charge in [0.15, 0.2) is 0 Å². The lowest BCUT2D eigenvalue weighted by Gasteiger charge is -2.21. The minimum Gasteiger partial charge on any atom is -0.351 e. The molecule has 1 aromatic carbocycles. The van der Waals surface area contributed by atoms with Crippen LogP contribution in [0.3, 0.4) is 0 Å². The number of hydrogen-bond donors (Lipinski definition) is 1. The number of carbonyl (C=O) groups is 1. The average Bonchev–Trinajstić information content (AvgIpc) is 3.10. The van der Waals surface area contributed by atoms with E-state index in [4.69, 9.17) is 23.2 Å². The summed E-state index contributed by atoms with van der Waals surface area (Å²) in [5.74, 6) is -0.262. The third kappa shape index (κ3) is 5.65. The van der Waals surface area contributed by atoms with Gasteiger partial charge in [-0.25, -0.2) is 13.4 Å². The molecule has 6 nitrogen and oxygen atoms in total. The Morgan fingerprint density at radius 2 is 2.00 bits per heavy atom. The summed E-state index contributed by atoms with van der Waals surface area (Å²) in [6.07, 6.45) is 1.44. The van der Waals surface area contributed by atoms with E-state index in [9.17, 15) is 13.2 Å². The summed E-state index contributed by atoms with van der Waals surface area (Å²) in [5, 5.41) is 5.31. The molecule has 1 aromatic heterocycles. The standard InChI is InChI=1S/C17H21Cl2N3O3S2/c1-3-7-20-17(23)14-11-26-16(21-14)10-22(8-4-2)27(24,25)15-9-12(18)5-6-13(15)19/h5-6,9,11H,3-4,7-8,10H2,1-2H3,(H,20,23). The predicted octanol–water partition coefficient (Wildman–Crippen LogP) is 4.19. The summed E-state index contributed by atoms with van der Waals surface area (Å²) >= 11 is 13.3. The van der Waals surface area contributed by atoms with Crippen LogP contribution in [0.25, 0.3) is 0 Å². The van der Waals surface area contributed by atoms with E-state index in [-0.39, 0.29) is 28.1 Å². The summed E-state index contributed by atoms with van der Waals surface area (Å²) in [6, 6.07) is 4.34. The van der Waals surface area contributed by atoms with Gasteiger partial charge in [0.25, 0.3) is 5.91 Å². The molecule has 0 saturated carbocycles. The fraction of sp³-hybridized carbons (Fsp3) is 0.412. The van der Waals surface area contributed by atoms with Crippen molar-refractivity contribution in [1.82, 2.24) is 14.6 Å². The molecule has 0 unspecified atom stereocenters. The Bertz CT molecular complexity index is 901. The fourth-order valence-electron chi connectivity index (χ4n) is 2.32. The molecule has 0 spiro atoms. The third-order valence-corrected chi connectivity index (χ3v) is 7.01. The number of amides is 1. The molecule has 0 radical (unpaired) electrons. The lowest BCUT2D eigenvalue weighted by atomic mass is 10.4. The molecular formula is C17H21Cl2N3O3S2. The predicted molar refractivity (Wildman–Crippen MR) is 109 cm³/mol. The van der Waals surface area contributed by atoms with E-state index >= 15 is 0 Å². The molecule has 2 rings (SSSR count). The molecule has 10 heteroatoms. The van der Waals surface area contributed by atoms with Gasteiger partial charge < -0.3 is 5.32 Å². The summed E-state index contributed by atoms with van der Waals surface area (Å²) in [7, 11) is -3.86. The first kappa shape index (κ1) is 22.1. The molecule has 0 fully saturated rings. The van der Waals surface area contributed by atoms with E-state index in [0.29, 0.717) is 29.5 Å². The largest absolute Gasteiger partial charge is 0.351 e. The van der Waals surface area contributed by atoms with Gasteiger partial charge in [0.05, 0.1) is 11.6 Å². The van der Waals surface area contributed by atoms with E-state index in [1.807, 2.05) is 13.8 Å². The number of thiazole rings is 1. The number of benzene rings is 1. The van der Waals surface area contributed by atoms with Crippen molar-refractivity contribution in [1.29, 1.82) is 0 Å². The Hall–Kier alpha value is -1.19. The van der Waals surface area contributed by atoms with Crippen molar-refractivity contribution >= 4 is 50.5 Å². The molecule has 1 heterocycles. The van der Waals surface area contributed by atoms with Crippen molar-refractivity contribution in [3.63, 3.8) is 0 Å². The summed E-state index contributed by atoms with van der Waals surface area (Å²) in [6.45, 7) is 4.76. The lowest BCUT2D eigenvalue weighted by Crippen LogP contribution is -2.31. The molecule has 2 aromatic rings. The smallest absolute Gasteiger partial charge is 0.270 e. The number of sulfonamides is 1. The molecule has 1 amide bonds. The first-order chi connectivity index (χ1) is 12.8. The molecule has 27 heavy (non-hydrogen) atoms. The van der Waals surface area contributed by atoms with Crippen molar-refractivity contribution in [2.75, 3.05) is 13.1 Å². The maximum absolute atomic E-state index is 13.1. The first-order valence-corrected chi connectivity index (χ1v) is 11.5. The zero-order valence-corrected chi connectivity index (χ0v) is 18.2. The highest BCUT2D eigenvalue weighted by atomic mass is 35.5. The van der Waals surface area contributed by atoms with E-state index < -0.39 is 10.0 Å². The van der Waals surface area contributed by atoms with Crippen LogP contribution in [0.1, 0.15) is 42.2 Å². The third-order valence-electron chi connectivity index (χ3n) is 3.62. The van der Waals surface area contributed by atoms with E-state index in [1.54, 1.807) is 5.38 Å². The molecule has 0 aliphatic carbocycles. The van der Waals surface area contributed by atoms with Gasteiger partial charge in [-0.1, -0.05) is 37.0 Å². The van der Waals surface area contributed by atoms with Gasteiger partial charge in [0.2, 0.25) is 10.0 Å². The lowest BCUT2D eigenvalue weighted by molar-refractivity contribution is 0.0949. The van der Waals surface area contributed by atoms with Gasteiger partial charge in [0.1, 0.15) is 15.6 Å². The van der Waals surface area contributed by atoms with Crippen LogP contribution >= 0.6 is 34.5 Å². The second kappa shape index (κ2) is 9.84. The molecule has 148 valence electrons. The number of carbonyl (C=O) groups excluding carboxylic acids is 1.